The van der Waals surface area contributed by atoms with Gasteiger partial charge in [0.15, 0.2) is 0 Å². The number of amides is 1. The first kappa shape index (κ1) is 13.4. The Balaban J connectivity index is 1.76. The highest BCUT2D eigenvalue weighted by atomic mass is 16.5. The molecule has 4 heteroatoms. The highest BCUT2D eigenvalue weighted by Gasteiger charge is 2.25. The number of carbonyl (C=O) groups excluding carboxylic acids is 1. The van der Waals surface area contributed by atoms with E-state index in [1.54, 1.807) is 0 Å². The number of aryl methyl sites for hydroxylation is 1. The minimum Gasteiger partial charge on any atom is -0.493 e. The van der Waals surface area contributed by atoms with E-state index in [0.717, 1.165) is 38.2 Å². The van der Waals surface area contributed by atoms with E-state index in [1.165, 1.54) is 11.1 Å². The molecule has 1 saturated heterocycles. The zero-order valence-electron chi connectivity index (χ0n) is 11.9. The summed E-state index contributed by atoms with van der Waals surface area (Å²) in [4.78, 5) is 11.2. The number of fused-ring (bicyclic) bond motifs is 1. The molecule has 1 fully saturated rings. The molecule has 2 atom stereocenters. The molecule has 4 nitrogen and oxygen atoms in total. The van der Waals surface area contributed by atoms with Gasteiger partial charge in [0.1, 0.15) is 5.75 Å². The van der Waals surface area contributed by atoms with E-state index in [2.05, 4.69) is 35.8 Å². The van der Waals surface area contributed by atoms with Gasteiger partial charge in [0.2, 0.25) is 5.91 Å². The molecule has 0 radical (unpaired) electrons. The van der Waals surface area contributed by atoms with Crippen LogP contribution in [-0.4, -0.2) is 25.1 Å². The molecule has 1 aromatic rings. The van der Waals surface area contributed by atoms with E-state index >= 15 is 0 Å². The molecule has 0 aromatic heterocycles. The summed E-state index contributed by atoms with van der Waals surface area (Å²) >= 11 is 0. The number of hydrogen-bond donors (Lipinski definition) is 2. The van der Waals surface area contributed by atoms with Crippen LogP contribution in [0, 0.1) is 6.92 Å². The first-order chi connectivity index (χ1) is 9.72. The summed E-state index contributed by atoms with van der Waals surface area (Å²) in [6.45, 7) is 3.63. The number of piperidine rings is 1. The molecule has 0 spiro atoms. The molecule has 0 bridgehead atoms. The number of ether oxygens (including phenoxy) is 1. The van der Waals surface area contributed by atoms with Crippen molar-refractivity contribution >= 4 is 5.91 Å². The lowest BCUT2D eigenvalue weighted by Crippen LogP contribution is -2.46. The first-order valence-electron chi connectivity index (χ1n) is 7.48. The van der Waals surface area contributed by atoms with E-state index in [1.807, 2.05) is 0 Å². The predicted molar refractivity (Wildman–Crippen MR) is 77.8 cm³/mol. The Hall–Kier alpha value is -1.55. The number of hydrogen-bond acceptors (Lipinski definition) is 3. The van der Waals surface area contributed by atoms with Gasteiger partial charge in [-0.3, -0.25) is 4.79 Å². The Kier molecular flexibility index (Phi) is 3.92. The monoisotopic (exact) mass is 274 g/mol. The summed E-state index contributed by atoms with van der Waals surface area (Å²) in [7, 11) is 0. The second-order valence-corrected chi connectivity index (χ2v) is 5.79. The van der Waals surface area contributed by atoms with Gasteiger partial charge in [-0.05, 0) is 32.3 Å². The van der Waals surface area contributed by atoms with Gasteiger partial charge < -0.3 is 15.4 Å². The molecule has 108 valence electrons. The van der Waals surface area contributed by atoms with Gasteiger partial charge in [-0.25, -0.2) is 0 Å². The Labute approximate surface area is 119 Å². The molecule has 1 amide bonds. The molecule has 2 heterocycles. The molecule has 2 aliphatic heterocycles. The van der Waals surface area contributed by atoms with Crippen LogP contribution in [0.3, 0.4) is 0 Å². The largest absolute Gasteiger partial charge is 0.493 e. The third-order valence-electron chi connectivity index (χ3n) is 4.14. The second-order valence-electron chi connectivity index (χ2n) is 5.79. The highest BCUT2D eigenvalue weighted by Crippen LogP contribution is 2.32. The third-order valence-corrected chi connectivity index (χ3v) is 4.14. The van der Waals surface area contributed by atoms with E-state index in [0.29, 0.717) is 18.5 Å². The smallest absolute Gasteiger partial charge is 0.220 e. The number of carbonyl (C=O) groups is 1. The maximum atomic E-state index is 11.2. The summed E-state index contributed by atoms with van der Waals surface area (Å²) in [5, 5.41) is 6.65. The molecule has 1 aromatic carbocycles. The lowest BCUT2D eigenvalue weighted by molar-refractivity contribution is -0.122. The van der Waals surface area contributed by atoms with Crippen LogP contribution in [0.1, 0.15) is 42.9 Å². The normalized spacial score (nSPS) is 26.1. The summed E-state index contributed by atoms with van der Waals surface area (Å²) in [5.74, 6) is 1.17. The number of rotatable bonds is 2. The van der Waals surface area contributed by atoms with Crippen LogP contribution < -0.4 is 15.4 Å². The predicted octanol–water partition coefficient (Wildman–Crippen LogP) is 2.08. The highest BCUT2D eigenvalue weighted by molar-refractivity contribution is 5.76. The van der Waals surface area contributed by atoms with E-state index in [-0.39, 0.29) is 5.91 Å². The average Bonchev–Trinajstić information content (AvgIpc) is 2.64. The van der Waals surface area contributed by atoms with Crippen molar-refractivity contribution in [3.63, 3.8) is 0 Å². The van der Waals surface area contributed by atoms with Gasteiger partial charge in [-0.15, -0.1) is 0 Å². The van der Waals surface area contributed by atoms with Crippen molar-refractivity contribution in [2.75, 3.05) is 13.2 Å². The topological polar surface area (TPSA) is 50.4 Å². The van der Waals surface area contributed by atoms with E-state index in [9.17, 15) is 4.79 Å². The van der Waals surface area contributed by atoms with Crippen LogP contribution in [0.15, 0.2) is 18.2 Å². The van der Waals surface area contributed by atoms with Crippen LogP contribution in [0.5, 0.6) is 5.75 Å². The average molecular weight is 274 g/mol. The summed E-state index contributed by atoms with van der Waals surface area (Å²) in [6.07, 6.45) is 3.69. The summed E-state index contributed by atoms with van der Waals surface area (Å²) < 4.78 is 5.83. The molecular formula is C16H22N2O2. The van der Waals surface area contributed by atoms with Crippen LogP contribution in [-0.2, 0) is 4.79 Å². The van der Waals surface area contributed by atoms with Gasteiger partial charge in [0.05, 0.1) is 6.61 Å². The second kappa shape index (κ2) is 5.83. The molecule has 2 aliphatic rings. The zero-order chi connectivity index (χ0) is 13.9. The standard InChI is InChI=1S/C16H22N2O2/c1-11-4-6-15-13(9-11)14(3-2-8-20-15)18-12-5-7-16(19)17-10-12/h4,6,9,12,14,18H,2-3,5,7-8,10H2,1H3,(H,17,19). The van der Waals surface area contributed by atoms with Crippen molar-refractivity contribution in [1.82, 2.24) is 10.6 Å². The Bertz CT molecular complexity index is 491. The molecule has 2 N–H and O–H groups in total. The fourth-order valence-corrected chi connectivity index (χ4v) is 3.03. The molecule has 0 aliphatic carbocycles. The van der Waals surface area contributed by atoms with E-state index < -0.39 is 0 Å². The fourth-order valence-electron chi connectivity index (χ4n) is 3.03. The van der Waals surface area contributed by atoms with Crippen molar-refractivity contribution in [3.8, 4) is 5.75 Å². The van der Waals surface area contributed by atoms with Gasteiger partial charge in [0.25, 0.3) is 0 Å². The third kappa shape index (κ3) is 2.96. The van der Waals surface area contributed by atoms with Crippen molar-refractivity contribution in [3.05, 3.63) is 29.3 Å². The number of nitrogens with one attached hydrogen (secondary N) is 2. The Morgan fingerprint density at radius 3 is 3.05 bits per heavy atom. The van der Waals surface area contributed by atoms with Crippen molar-refractivity contribution in [2.24, 2.45) is 0 Å². The Morgan fingerprint density at radius 2 is 2.25 bits per heavy atom. The molecule has 2 unspecified atom stereocenters. The minimum atomic E-state index is 0.170. The summed E-state index contributed by atoms with van der Waals surface area (Å²) in [6, 6.07) is 7.09. The van der Waals surface area contributed by atoms with Crippen LogP contribution in [0.4, 0.5) is 0 Å². The zero-order valence-corrected chi connectivity index (χ0v) is 11.9. The van der Waals surface area contributed by atoms with Crippen LogP contribution in [0.2, 0.25) is 0 Å². The lowest BCUT2D eigenvalue weighted by Gasteiger charge is -2.29. The van der Waals surface area contributed by atoms with E-state index in [4.69, 9.17) is 4.74 Å². The van der Waals surface area contributed by atoms with Crippen molar-refractivity contribution in [2.45, 2.75) is 44.7 Å². The maximum Gasteiger partial charge on any atom is 0.220 e. The van der Waals surface area contributed by atoms with Crippen LogP contribution in [0.25, 0.3) is 0 Å². The Morgan fingerprint density at radius 1 is 1.35 bits per heavy atom. The fraction of sp³-hybridized carbons (Fsp3) is 0.562. The maximum absolute atomic E-state index is 11.2. The SMILES string of the molecule is Cc1ccc2c(c1)C(NC1CCC(=O)NC1)CCCO2. The minimum absolute atomic E-state index is 0.170. The first-order valence-corrected chi connectivity index (χ1v) is 7.48. The van der Waals surface area contributed by atoms with Crippen LogP contribution >= 0.6 is 0 Å². The quantitative estimate of drug-likeness (QED) is 0.868. The summed E-state index contributed by atoms with van der Waals surface area (Å²) in [5.41, 5.74) is 2.53. The van der Waals surface area contributed by atoms with Gasteiger partial charge in [-0.2, -0.15) is 0 Å². The number of benzene rings is 1. The molecule has 3 rings (SSSR count). The van der Waals surface area contributed by atoms with Gasteiger partial charge in [-0.1, -0.05) is 17.7 Å². The lowest BCUT2D eigenvalue weighted by atomic mass is 9.97. The van der Waals surface area contributed by atoms with Gasteiger partial charge >= 0.3 is 0 Å². The van der Waals surface area contributed by atoms with Gasteiger partial charge in [0, 0.05) is 30.6 Å². The van der Waals surface area contributed by atoms with Crippen molar-refractivity contribution in [1.29, 1.82) is 0 Å². The molecule has 20 heavy (non-hydrogen) atoms. The molecular weight excluding hydrogens is 252 g/mol. The molecule has 0 saturated carbocycles. The van der Waals surface area contributed by atoms with Crippen molar-refractivity contribution < 1.29 is 9.53 Å².